The molecule has 0 aromatic carbocycles. The van der Waals surface area contributed by atoms with Crippen molar-refractivity contribution in [3.63, 3.8) is 0 Å². The Morgan fingerprint density at radius 1 is 1.42 bits per heavy atom. The Balaban J connectivity index is 1.99. The van der Waals surface area contributed by atoms with E-state index in [9.17, 15) is 9.59 Å². The second kappa shape index (κ2) is 6.19. The van der Waals surface area contributed by atoms with Gasteiger partial charge in [-0.05, 0) is 37.7 Å². The predicted molar refractivity (Wildman–Crippen MR) is 72.4 cm³/mol. The van der Waals surface area contributed by atoms with E-state index in [1.165, 1.54) is 4.88 Å². The van der Waals surface area contributed by atoms with Crippen LogP contribution < -0.4 is 0 Å². The fourth-order valence-corrected chi connectivity index (χ4v) is 3.49. The zero-order valence-electron chi connectivity index (χ0n) is 11.2. The number of carbonyl (C=O) groups excluding carboxylic acids is 2. The maximum Gasteiger partial charge on any atom is 0.344 e. The zero-order valence-corrected chi connectivity index (χ0v) is 12.0. The molecule has 0 fully saturated rings. The number of hydrogen-bond acceptors (Lipinski definition) is 5. The summed E-state index contributed by atoms with van der Waals surface area (Å²) in [5, 5.41) is 1.84. The minimum atomic E-state index is -0.506. The van der Waals surface area contributed by atoms with Gasteiger partial charge in [-0.3, -0.25) is 0 Å². The second-order valence-corrected chi connectivity index (χ2v) is 5.74. The van der Waals surface area contributed by atoms with Gasteiger partial charge >= 0.3 is 11.9 Å². The third-order valence-electron chi connectivity index (χ3n) is 3.25. The van der Waals surface area contributed by atoms with Gasteiger partial charge in [0.15, 0.2) is 6.61 Å². The van der Waals surface area contributed by atoms with Gasteiger partial charge in [0.2, 0.25) is 0 Å². The molecule has 0 amide bonds. The van der Waals surface area contributed by atoms with Gasteiger partial charge in [-0.15, -0.1) is 11.3 Å². The average Bonchev–Trinajstić information content (AvgIpc) is 2.79. The first kappa shape index (κ1) is 14.1. The number of carbonyl (C=O) groups is 2. The summed E-state index contributed by atoms with van der Waals surface area (Å²) in [6.45, 7) is 3.92. The molecule has 0 bridgehead atoms. The van der Waals surface area contributed by atoms with Crippen molar-refractivity contribution in [2.24, 2.45) is 5.92 Å². The number of ether oxygens (including phenoxy) is 2. The van der Waals surface area contributed by atoms with Crippen molar-refractivity contribution in [1.82, 2.24) is 0 Å². The Labute approximate surface area is 116 Å². The molecule has 5 heteroatoms. The van der Waals surface area contributed by atoms with E-state index in [2.05, 4.69) is 6.92 Å². The summed E-state index contributed by atoms with van der Waals surface area (Å²) in [4.78, 5) is 24.4. The number of esters is 2. The number of rotatable bonds is 4. The molecule has 0 radical (unpaired) electrons. The van der Waals surface area contributed by atoms with Crippen molar-refractivity contribution in [3.8, 4) is 0 Å². The molecular weight excluding hydrogens is 264 g/mol. The largest absolute Gasteiger partial charge is 0.463 e. The monoisotopic (exact) mass is 282 g/mol. The van der Waals surface area contributed by atoms with Crippen LogP contribution in [-0.2, 0) is 27.1 Å². The van der Waals surface area contributed by atoms with Gasteiger partial charge in [0.25, 0.3) is 0 Å². The van der Waals surface area contributed by atoms with Crippen LogP contribution in [0.3, 0.4) is 0 Å². The molecule has 1 atom stereocenters. The Hall–Kier alpha value is -1.36. The van der Waals surface area contributed by atoms with Crippen LogP contribution in [0.1, 0.15) is 41.1 Å². The van der Waals surface area contributed by atoms with Crippen LogP contribution in [0.4, 0.5) is 0 Å². The van der Waals surface area contributed by atoms with Gasteiger partial charge in [0.1, 0.15) is 0 Å². The minimum absolute atomic E-state index is 0.294. The van der Waals surface area contributed by atoms with Crippen LogP contribution in [-0.4, -0.2) is 25.2 Å². The maximum atomic E-state index is 11.9. The first-order chi connectivity index (χ1) is 9.11. The van der Waals surface area contributed by atoms with E-state index in [-0.39, 0.29) is 6.61 Å². The Morgan fingerprint density at radius 3 is 2.95 bits per heavy atom. The molecule has 1 aromatic rings. The van der Waals surface area contributed by atoms with Crippen molar-refractivity contribution >= 4 is 23.3 Å². The van der Waals surface area contributed by atoms with Crippen molar-refractivity contribution in [3.05, 3.63) is 21.4 Å². The number of thiophene rings is 1. The standard InChI is InChI=1S/C14H18O4S/c1-3-17-13(15)7-18-14(16)11-8-19-12-6-9(2)4-5-10(11)12/h8-9H,3-7H2,1-2H3. The Bertz CT molecular complexity index is 478. The van der Waals surface area contributed by atoms with Crippen molar-refractivity contribution in [2.75, 3.05) is 13.2 Å². The van der Waals surface area contributed by atoms with Gasteiger partial charge in [-0.1, -0.05) is 6.92 Å². The Kier molecular flexibility index (Phi) is 4.58. The highest BCUT2D eigenvalue weighted by molar-refractivity contribution is 7.10. The summed E-state index contributed by atoms with van der Waals surface area (Å²) >= 11 is 1.61. The third kappa shape index (κ3) is 3.35. The fraction of sp³-hybridized carbons (Fsp3) is 0.571. The lowest BCUT2D eigenvalue weighted by Gasteiger charge is -2.18. The molecule has 0 saturated heterocycles. The van der Waals surface area contributed by atoms with E-state index in [1.54, 1.807) is 18.3 Å². The van der Waals surface area contributed by atoms with Crippen LogP contribution in [0.5, 0.6) is 0 Å². The molecule has 1 aliphatic carbocycles. The lowest BCUT2D eigenvalue weighted by molar-refractivity contribution is -0.146. The summed E-state index contributed by atoms with van der Waals surface area (Å²) in [6.07, 6.45) is 3.05. The van der Waals surface area contributed by atoms with Gasteiger partial charge < -0.3 is 9.47 Å². The molecule has 19 heavy (non-hydrogen) atoms. The average molecular weight is 282 g/mol. The lowest BCUT2D eigenvalue weighted by atomic mass is 9.88. The first-order valence-corrected chi connectivity index (χ1v) is 7.41. The van der Waals surface area contributed by atoms with Crippen molar-refractivity contribution in [1.29, 1.82) is 0 Å². The molecule has 1 heterocycles. The van der Waals surface area contributed by atoms with Crippen LogP contribution in [0.15, 0.2) is 5.38 Å². The minimum Gasteiger partial charge on any atom is -0.463 e. The van der Waals surface area contributed by atoms with E-state index in [0.29, 0.717) is 18.1 Å². The van der Waals surface area contributed by atoms with Crippen LogP contribution in [0.2, 0.25) is 0 Å². The summed E-state index contributed by atoms with van der Waals surface area (Å²) in [7, 11) is 0. The molecule has 0 saturated carbocycles. The summed E-state index contributed by atoms with van der Waals surface area (Å²) in [6, 6.07) is 0. The zero-order chi connectivity index (χ0) is 13.8. The second-order valence-electron chi connectivity index (χ2n) is 4.78. The van der Waals surface area contributed by atoms with Crippen molar-refractivity contribution in [2.45, 2.75) is 33.1 Å². The molecule has 0 N–H and O–H groups in total. The SMILES string of the molecule is CCOC(=O)COC(=O)c1csc2c1CCC(C)C2. The summed E-state index contributed by atoms with van der Waals surface area (Å²) in [5.41, 5.74) is 1.73. The molecule has 1 unspecified atom stereocenters. The van der Waals surface area contributed by atoms with Gasteiger partial charge in [-0.25, -0.2) is 9.59 Å². The molecule has 1 aliphatic rings. The highest BCUT2D eigenvalue weighted by Gasteiger charge is 2.24. The highest BCUT2D eigenvalue weighted by Crippen LogP contribution is 2.33. The highest BCUT2D eigenvalue weighted by atomic mass is 32.1. The van der Waals surface area contributed by atoms with Crippen LogP contribution in [0, 0.1) is 5.92 Å². The Morgan fingerprint density at radius 2 is 2.21 bits per heavy atom. The van der Waals surface area contributed by atoms with Crippen LogP contribution in [0.25, 0.3) is 0 Å². The molecule has 4 nitrogen and oxygen atoms in total. The van der Waals surface area contributed by atoms with Crippen molar-refractivity contribution < 1.29 is 19.1 Å². The first-order valence-electron chi connectivity index (χ1n) is 6.53. The maximum absolute atomic E-state index is 11.9. The molecule has 0 spiro atoms. The molecule has 104 valence electrons. The lowest BCUT2D eigenvalue weighted by Crippen LogP contribution is -2.18. The molecule has 1 aromatic heterocycles. The normalized spacial score (nSPS) is 17.7. The number of fused-ring (bicyclic) bond motifs is 1. The van der Waals surface area contributed by atoms with Gasteiger partial charge in [0.05, 0.1) is 12.2 Å². The predicted octanol–water partition coefficient (Wildman–Crippen LogP) is 2.59. The smallest absolute Gasteiger partial charge is 0.344 e. The van der Waals surface area contributed by atoms with E-state index in [1.807, 2.05) is 5.38 Å². The molecule has 0 aliphatic heterocycles. The van der Waals surface area contributed by atoms with Gasteiger partial charge in [-0.2, -0.15) is 0 Å². The van der Waals surface area contributed by atoms with E-state index < -0.39 is 11.9 Å². The summed E-state index contributed by atoms with van der Waals surface area (Å²) < 4.78 is 9.71. The fourth-order valence-electron chi connectivity index (χ4n) is 2.25. The molecular formula is C14H18O4S. The van der Waals surface area contributed by atoms with E-state index in [4.69, 9.17) is 9.47 Å². The van der Waals surface area contributed by atoms with Gasteiger partial charge in [0, 0.05) is 10.3 Å². The molecule has 2 rings (SSSR count). The summed E-state index contributed by atoms with van der Waals surface area (Å²) in [5.74, 6) is -0.247. The van der Waals surface area contributed by atoms with E-state index in [0.717, 1.165) is 24.8 Å². The van der Waals surface area contributed by atoms with Crippen LogP contribution >= 0.6 is 11.3 Å². The van der Waals surface area contributed by atoms with E-state index >= 15 is 0 Å². The quantitative estimate of drug-likeness (QED) is 0.797. The topological polar surface area (TPSA) is 52.6 Å². The number of hydrogen-bond donors (Lipinski definition) is 0. The third-order valence-corrected chi connectivity index (χ3v) is 4.30.